The standard InChI is InChI=1S/C14H24N2O2/c17-14(12-3-1-4-12)16-8-6-15(7-9-16)11-13-5-2-10-18-13/h12-13H,1-11H2/t13-/m0/s1. The van der Waals surface area contributed by atoms with E-state index < -0.39 is 0 Å². The fourth-order valence-electron chi connectivity index (χ4n) is 3.14. The number of carbonyl (C=O) groups excluding carboxylic acids is 1. The van der Waals surface area contributed by atoms with Crippen LogP contribution < -0.4 is 0 Å². The minimum absolute atomic E-state index is 0.356. The molecule has 0 spiro atoms. The molecule has 0 aromatic rings. The maximum atomic E-state index is 12.1. The van der Waals surface area contributed by atoms with Crippen LogP contribution in [0.2, 0.25) is 0 Å². The second-order valence-corrected chi connectivity index (χ2v) is 5.89. The Morgan fingerprint density at radius 2 is 1.83 bits per heavy atom. The second kappa shape index (κ2) is 5.57. The number of hydrogen-bond acceptors (Lipinski definition) is 3. The topological polar surface area (TPSA) is 32.8 Å². The molecule has 1 amide bonds. The van der Waals surface area contributed by atoms with Gasteiger partial charge < -0.3 is 9.64 Å². The highest BCUT2D eigenvalue weighted by molar-refractivity contribution is 5.79. The van der Waals surface area contributed by atoms with Crippen molar-refractivity contribution >= 4 is 5.91 Å². The van der Waals surface area contributed by atoms with Crippen LogP contribution in [-0.4, -0.2) is 61.1 Å². The Kier molecular flexibility index (Phi) is 3.85. The maximum Gasteiger partial charge on any atom is 0.225 e. The van der Waals surface area contributed by atoms with Crippen LogP contribution in [0.4, 0.5) is 0 Å². The van der Waals surface area contributed by atoms with Gasteiger partial charge in [0.15, 0.2) is 0 Å². The molecule has 1 aliphatic carbocycles. The van der Waals surface area contributed by atoms with Crippen LogP contribution in [0.3, 0.4) is 0 Å². The van der Waals surface area contributed by atoms with E-state index in [4.69, 9.17) is 4.74 Å². The van der Waals surface area contributed by atoms with Crippen LogP contribution in [0.1, 0.15) is 32.1 Å². The first kappa shape index (κ1) is 12.4. The van der Waals surface area contributed by atoms with E-state index in [-0.39, 0.29) is 0 Å². The summed E-state index contributed by atoms with van der Waals surface area (Å²) >= 11 is 0. The van der Waals surface area contributed by atoms with Crippen LogP contribution in [0.25, 0.3) is 0 Å². The van der Waals surface area contributed by atoms with Crippen molar-refractivity contribution in [1.82, 2.24) is 9.80 Å². The fourth-order valence-corrected chi connectivity index (χ4v) is 3.14. The van der Waals surface area contributed by atoms with Gasteiger partial charge >= 0.3 is 0 Å². The highest BCUT2D eigenvalue weighted by Gasteiger charge is 2.31. The minimum atomic E-state index is 0.356. The summed E-state index contributed by atoms with van der Waals surface area (Å²) in [4.78, 5) is 16.7. The van der Waals surface area contributed by atoms with Gasteiger partial charge in [-0.15, -0.1) is 0 Å². The van der Waals surface area contributed by atoms with E-state index in [1.807, 2.05) is 0 Å². The quantitative estimate of drug-likeness (QED) is 0.754. The van der Waals surface area contributed by atoms with Gasteiger partial charge in [-0.2, -0.15) is 0 Å². The summed E-state index contributed by atoms with van der Waals surface area (Å²) in [6.45, 7) is 5.89. The number of piperazine rings is 1. The van der Waals surface area contributed by atoms with Crippen molar-refractivity contribution in [1.29, 1.82) is 0 Å². The third kappa shape index (κ3) is 2.69. The van der Waals surface area contributed by atoms with Crippen molar-refractivity contribution in [3.05, 3.63) is 0 Å². The molecule has 0 N–H and O–H groups in total. The number of ether oxygens (including phenoxy) is 1. The predicted octanol–water partition coefficient (Wildman–Crippen LogP) is 1.11. The number of amides is 1. The summed E-state index contributed by atoms with van der Waals surface area (Å²) in [6.07, 6.45) is 6.35. The van der Waals surface area contributed by atoms with E-state index in [0.29, 0.717) is 17.9 Å². The summed E-state index contributed by atoms with van der Waals surface area (Å²) in [7, 11) is 0. The lowest BCUT2D eigenvalue weighted by Crippen LogP contribution is -2.52. The van der Waals surface area contributed by atoms with Gasteiger partial charge in [0.25, 0.3) is 0 Å². The van der Waals surface area contributed by atoms with Crippen molar-refractivity contribution < 1.29 is 9.53 Å². The van der Waals surface area contributed by atoms with Crippen molar-refractivity contribution in [2.45, 2.75) is 38.2 Å². The molecule has 0 radical (unpaired) electrons. The van der Waals surface area contributed by atoms with Crippen LogP contribution >= 0.6 is 0 Å². The summed E-state index contributed by atoms with van der Waals surface area (Å²) < 4.78 is 5.67. The van der Waals surface area contributed by atoms with E-state index in [1.54, 1.807) is 0 Å². The summed E-state index contributed by atoms with van der Waals surface area (Å²) in [5.41, 5.74) is 0. The summed E-state index contributed by atoms with van der Waals surface area (Å²) in [6, 6.07) is 0. The summed E-state index contributed by atoms with van der Waals surface area (Å²) in [5.74, 6) is 0.771. The first-order valence-corrected chi connectivity index (χ1v) is 7.45. The van der Waals surface area contributed by atoms with Crippen molar-refractivity contribution in [3.8, 4) is 0 Å². The van der Waals surface area contributed by atoms with Gasteiger partial charge in [0.1, 0.15) is 0 Å². The van der Waals surface area contributed by atoms with Gasteiger partial charge in [-0.05, 0) is 25.7 Å². The zero-order valence-corrected chi connectivity index (χ0v) is 11.1. The first-order chi connectivity index (χ1) is 8.83. The zero-order valence-electron chi connectivity index (χ0n) is 11.1. The molecule has 2 heterocycles. The molecule has 3 fully saturated rings. The maximum absolute atomic E-state index is 12.1. The molecule has 1 atom stereocenters. The van der Waals surface area contributed by atoms with Gasteiger partial charge in [-0.1, -0.05) is 6.42 Å². The second-order valence-electron chi connectivity index (χ2n) is 5.89. The number of carbonyl (C=O) groups is 1. The van der Waals surface area contributed by atoms with Gasteiger partial charge in [-0.25, -0.2) is 0 Å². The van der Waals surface area contributed by atoms with Crippen molar-refractivity contribution in [3.63, 3.8) is 0 Å². The van der Waals surface area contributed by atoms with E-state index >= 15 is 0 Å². The molecular weight excluding hydrogens is 228 g/mol. The molecule has 4 nitrogen and oxygen atoms in total. The minimum Gasteiger partial charge on any atom is -0.377 e. The first-order valence-electron chi connectivity index (χ1n) is 7.45. The molecule has 0 bridgehead atoms. The molecule has 0 aromatic carbocycles. The Balaban J connectivity index is 1.41. The molecule has 0 aromatic heterocycles. The molecular formula is C14H24N2O2. The predicted molar refractivity (Wildman–Crippen MR) is 69.3 cm³/mol. The lowest BCUT2D eigenvalue weighted by Gasteiger charge is -2.38. The van der Waals surface area contributed by atoms with Crippen LogP contribution in [-0.2, 0) is 9.53 Å². The van der Waals surface area contributed by atoms with Crippen molar-refractivity contribution in [2.75, 3.05) is 39.3 Å². The number of rotatable bonds is 3. The molecule has 0 unspecified atom stereocenters. The smallest absolute Gasteiger partial charge is 0.225 e. The Hall–Kier alpha value is -0.610. The normalized spacial score (nSPS) is 30.4. The third-order valence-corrected chi connectivity index (χ3v) is 4.62. The van der Waals surface area contributed by atoms with Crippen LogP contribution in [0.5, 0.6) is 0 Å². The van der Waals surface area contributed by atoms with Gasteiger partial charge in [0.05, 0.1) is 6.10 Å². The Morgan fingerprint density at radius 1 is 1.06 bits per heavy atom. The Morgan fingerprint density at radius 3 is 2.39 bits per heavy atom. The van der Waals surface area contributed by atoms with Gasteiger partial charge in [0.2, 0.25) is 5.91 Å². The average Bonchev–Trinajstić information content (AvgIpc) is 2.80. The fraction of sp³-hybridized carbons (Fsp3) is 0.929. The van der Waals surface area contributed by atoms with Gasteiger partial charge in [0, 0.05) is 45.2 Å². The molecule has 3 aliphatic rings. The lowest BCUT2D eigenvalue weighted by atomic mass is 9.84. The lowest BCUT2D eigenvalue weighted by molar-refractivity contribution is -0.140. The number of hydrogen-bond donors (Lipinski definition) is 0. The highest BCUT2D eigenvalue weighted by Crippen LogP contribution is 2.28. The Labute approximate surface area is 109 Å². The largest absolute Gasteiger partial charge is 0.377 e. The molecule has 1 saturated carbocycles. The van der Waals surface area contributed by atoms with Crippen LogP contribution in [0.15, 0.2) is 0 Å². The van der Waals surface area contributed by atoms with E-state index in [1.165, 1.54) is 19.3 Å². The Bertz CT molecular complexity index is 290. The molecule has 2 aliphatic heterocycles. The molecule has 3 rings (SSSR count). The van der Waals surface area contributed by atoms with E-state index in [2.05, 4.69) is 9.80 Å². The SMILES string of the molecule is O=C(C1CCC1)N1CCN(C[C@@H]2CCCO2)CC1. The van der Waals surface area contributed by atoms with E-state index in [0.717, 1.165) is 52.2 Å². The highest BCUT2D eigenvalue weighted by atomic mass is 16.5. The third-order valence-electron chi connectivity index (χ3n) is 4.62. The zero-order chi connectivity index (χ0) is 12.4. The average molecular weight is 252 g/mol. The van der Waals surface area contributed by atoms with E-state index in [9.17, 15) is 4.79 Å². The van der Waals surface area contributed by atoms with Crippen LogP contribution in [0, 0.1) is 5.92 Å². The molecule has 102 valence electrons. The molecule has 18 heavy (non-hydrogen) atoms. The number of nitrogens with zero attached hydrogens (tertiary/aromatic N) is 2. The van der Waals surface area contributed by atoms with Gasteiger partial charge in [-0.3, -0.25) is 9.69 Å². The van der Waals surface area contributed by atoms with Crippen molar-refractivity contribution in [2.24, 2.45) is 5.92 Å². The monoisotopic (exact) mass is 252 g/mol. The molecule has 2 saturated heterocycles. The summed E-state index contributed by atoms with van der Waals surface area (Å²) in [5, 5.41) is 0. The molecule has 4 heteroatoms.